The lowest BCUT2D eigenvalue weighted by Gasteiger charge is -2.19. The van der Waals surface area contributed by atoms with Crippen LogP contribution in [0.2, 0.25) is 5.15 Å². The van der Waals surface area contributed by atoms with Crippen molar-refractivity contribution in [3.8, 4) is 18.0 Å². The van der Waals surface area contributed by atoms with E-state index in [-0.39, 0.29) is 23.2 Å². The quantitative estimate of drug-likeness (QED) is 0.347. The number of nitrogens with zero attached hydrogens (tertiary/aromatic N) is 5. The van der Waals surface area contributed by atoms with Crippen LogP contribution >= 0.6 is 24.2 Å². The van der Waals surface area contributed by atoms with Crippen LogP contribution in [0.1, 0.15) is 6.92 Å². The molecule has 7 nitrogen and oxygen atoms in total. The Morgan fingerprint density at radius 1 is 1.60 bits per heavy atom. The van der Waals surface area contributed by atoms with Crippen LogP contribution in [0.25, 0.3) is 5.69 Å². The van der Waals surface area contributed by atoms with Gasteiger partial charge in [-0.25, -0.2) is 4.68 Å². The Morgan fingerprint density at radius 3 is 3.00 bits per heavy atom. The molecule has 0 spiro atoms. The summed E-state index contributed by atoms with van der Waals surface area (Å²) in [6, 6.07) is 3.58. The number of carbonyl (C=O) groups is 1. The molecule has 0 aliphatic rings. The standard InChI is InChI=1S/C16H16ClN5O2S/c1-3-8-21(16(23)13(11-25)20-24-4-2)14-10-22(19-15(14)17)12-6-5-7-18-9-12/h1,5-7,9-10,25H,4,8,11H2,2H3/b20-13-. The minimum absolute atomic E-state index is 0.00376. The van der Waals surface area contributed by atoms with Gasteiger partial charge in [0, 0.05) is 11.9 Å². The van der Waals surface area contributed by atoms with Crippen molar-refractivity contribution in [1.29, 1.82) is 0 Å². The van der Waals surface area contributed by atoms with E-state index in [1.54, 1.807) is 31.6 Å². The Balaban J connectivity index is 2.39. The van der Waals surface area contributed by atoms with Gasteiger partial charge in [0.25, 0.3) is 5.91 Å². The first-order chi connectivity index (χ1) is 12.1. The van der Waals surface area contributed by atoms with Gasteiger partial charge in [-0.15, -0.1) is 6.42 Å². The number of halogens is 1. The minimum Gasteiger partial charge on any atom is -0.396 e. The lowest BCUT2D eigenvalue weighted by Crippen LogP contribution is -2.38. The summed E-state index contributed by atoms with van der Waals surface area (Å²) in [4.78, 5) is 23.0. The molecule has 2 heterocycles. The summed E-state index contributed by atoms with van der Waals surface area (Å²) in [6.07, 6.45) is 10.3. The number of carbonyl (C=O) groups excluding carboxylic acids is 1. The lowest BCUT2D eigenvalue weighted by atomic mass is 10.3. The van der Waals surface area contributed by atoms with Crippen molar-refractivity contribution >= 4 is 41.5 Å². The normalized spacial score (nSPS) is 11.0. The fourth-order valence-corrected chi connectivity index (χ4v) is 2.36. The molecule has 0 fully saturated rings. The molecule has 0 unspecified atom stereocenters. The van der Waals surface area contributed by atoms with Crippen molar-refractivity contribution < 1.29 is 9.63 Å². The topological polar surface area (TPSA) is 72.6 Å². The molecule has 130 valence electrons. The fourth-order valence-electron chi connectivity index (χ4n) is 1.94. The smallest absolute Gasteiger partial charge is 0.277 e. The first kappa shape index (κ1) is 18.8. The summed E-state index contributed by atoms with van der Waals surface area (Å²) in [5, 5.41) is 8.11. The molecule has 2 aromatic heterocycles. The van der Waals surface area contributed by atoms with E-state index in [0.717, 1.165) is 0 Å². The molecule has 2 rings (SSSR count). The summed E-state index contributed by atoms with van der Waals surface area (Å²) in [7, 11) is 0. The number of anilines is 1. The van der Waals surface area contributed by atoms with Crippen LogP contribution in [0.3, 0.4) is 0 Å². The third-order valence-electron chi connectivity index (χ3n) is 3.05. The van der Waals surface area contributed by atoms with Crippen molar-refractivity contribution in [2.45, 2.75) is 6.92 Å². The number of oxime groups is 1. The van der Waals surface area contributed by atoms with Crippen LogP contribution in [0.5, 0.6) is 0 Å². The number of hydrogen-bond donors (Lipinski definition) is 1. The highest BCUT2D eigenvalue weighted by molar-refractivity contribution is 7.81. The molecule has 25 heavy (non-hydrogen) atoms. The van der Waals surface area contributed by atoms with Crippen LogP contribution in [0, 0.1) is 12.3 Å². The van der Waals surface area contributed by atoms with Gasteiger partial charge >= 0.3 is 0 Å². The lowest BCUT2D eigenvalue weighted by molar-refractivity contribution is -0.112. The molecule has 2 aromatic rings. The molecule has 0 aliphatic heterocycles. The van der Waals surface area contributed by atoms with E-state index in [2.05, 4.69) is 33.8 Å². The minimum atomic E-state index is -0.450. The van der Waals surface area contributed by atoms with Crippen LogP contribution in [0.15, 0.2) is 35.9 Å². The van der Waals surface area contributed by atoms with E-state index in [9.17, 15) is 4.79 Å². The molecular weight excluding hydrogens is 362 g/mol. The molecule has 0 aliphatic carbocycles. The van der Waals surface area contributed by atoms with E-state index < -0.39 is 5.91 Å². The molecule has 0 N–H and O–H groups in total. The van der Waals surface area contributed by atoms with Crippen LogP contribution in [-0.4, -0.2) is 45.3 Å². The zero-order valence-corrected chi connectivity index (χ0v) is 15.1. The fraction of sp³-hybridized carbons (Fsp3) is 0.250. The summed E-state index contributed by atoms with van der Waals surface area (Å²) < 4.78 is 1.52. The van der Waals surface area contributed by atoms with Crippen LogP contribution in [0.4, 0.5) is 5.69 Å². The molecule has 0 saturated heterocycles. The number of terminal acetylenes is 1. The Hall–Kier alpha value is -2.50. The molecule has 0 radical (unpaired) electrons. The zero-order chi connectivity index (χ0) is 18.2. The van der Waals surface area contributed by atoms with E-state index in [1.165, 1.54) is 9.58 Å². The van der Waals surface area contributed by atoms with Gasteiger partial charge in [-0.05, 0) is 19.1 Å². The summed E-state index contributed by atoms with van der Waals surface area (Å²) >= 11 is 10.3. The Bertz CT molecular complexity index is 801. The van der Waals surface area contributed by atoms with Crippen molar-refractivity contribution in [3.05, 3.63) is 35.9 Å². The molecule has 1 amide bonds. The molecule has 9 heteroatoms. The van der Waals surface area contributed by atoms with Crippen LogP contribution in [-0.2, 0) is 9.63 Å². The van der Waals surface area contributed by atoms with Crippen molar-refractivity contribution in [3.63, 3.8) is 0 Å². The third-order valence-corrected chi connectivity index (χ3v) is 3.62. The van der Waals surface area contributed by atoms with Crippen molar-refractivity contribution in [1.82, 2.24) is 14.8 Å². The van der Waals surface area contributed by atoms with E-state index in [1.807, 2.05) is 6.07 Å². The molecular formula is C16H16ClN5O2S. The number of rotatable bonds is 7. The number of hydrogen-bond acceptors (Lipinski definition) is 6. The van der Waals surface area contributed by atoms with Gasteiger partial charge in [0.2, 0.25) is 0 Å². The predicted octanol–water partition coefficient (Wildman–Crippen LogP) is 2.21. The second-order valence-corrected chi connectivity index (χ2v) is 5.34. The highest BCUT2D eigenvalue weighted by atomic mass is 35.5. The van der Waals surface area contributed by atoms with Gasteiger partial charge in [-0.2, -0.15) is 17.7 Å². The maximum atomic E-state index is 12.7. The number of amides is 1. The van der Waals surface area contributed by atoms with E-state index in [4.69, 9.17) is 22.9 Å². The van der Waals surface area contributed by atoms with Gasteiger partial charge < -0.3 is 4.84 Å². The molecule has 0 aromatic carbocycles. The monoisotopic (exact) mass is 377 g/mol. The van der Waals surface area contributed by atoms with E-state index >= 15 is 0 Å². The summed E-state index contributed by atoms with van der Waals surface area (Å²) in [5.41, 5.74) is 1.17. The van der Waals surface area contributed by atoms with Gasteiger partial charge in [0.05, 0.1) is 24.6 Å². The second-order valence-electron chi connectivity index (χ2n) is 4.67. The SMILES string of the molecule is C#CCN(C(=O)/C(CS)=N\OCC)c1cn(-c2cccnc2)nc1Cl. The highest BCUT2D eigenvalue weighted by Gasteiger charge is 2.25. The van der Waals surface area contributed by atoms with Gasteiger partial charge in [0.1, 0.15) is 12.3 Å². The average molecular weight is 378 g/mol. The maximum Gasteiger partial charge on any atom is 0.277 e. The van der Waals surface area contributed by atoms with Gasteiger partial charge in [-0.1, -0.05) is 22.7 Å². The van der Waals surface area contributed by atoms with Gasteiger partial charge in [0.15, 0.2) is 10.9 Å². The van der Waals surface area contributed by atoms with Gasteiger partial charge in [-0.3, -0.25) is 14.7 Å². The molecule has 0 saturated carbocycles. The Morgan fingerprint density at radius 2 is 2.40 bits per heavy atom. The van der Waals surface area contributed by atoms with Crippen molar-refractivity contribution in [2.75, 3.05) is 23.8 Å². The summed E-state index contributed by atoms with van der Waals surface area (Å²) in [6.45, 7) is 2.09. The van der Waals surface area contributed by atoms with E-state index in [0.29, 0.717) is 18.0 Å². The molecule has 0 atom stereocenters. The number of pyridine rings is 1. The first-order valence-corrected chi connectivity index (χ1v) is 8.34. The Labute approximate surface area is 156 Å². The molecule has 0 bridgehead atoms. The summed E-state index contributed by atoms with van der Waals surface area (Å²) in [5.74, 6) is 2.08. The third kappa shape index (κ3) is 4.53. The largest absolute Gasteiger partial charge is 0.396 e. The Kier molecular flexibility index (Phi) is 6.86. The van der Waals surface area contributed by atoms with Crippen LogP contribution < -0.4 is 4.90 Å². The van der Waals surface area contributed by atoms with Crippen molar-refractivity contribution in [2.24, 2.45) is 5.16 Å². The second kappa shape index (κ2) is 9.11. The average Bonchev–Trinajstić information content (AvgIpc) is 3.02. The number of aromatic nitrogens is 3. The highest BCUT2D eigenvalue weighted by Crippen LogP contribution is 2.26. The maximum absolute atomic E-state index is 12.7. The zero-order valence-electron chi connectivity index (χ0n) is 13.5. The number of thiol groups is 1. The predicted molar refractivity (Wildman–Crippen MR) is 100 cm³/mol. The first-order valence-electron chi connectivity index (χ1n) is 7.33.